The van der Waals surface area contributed by atoms with Crippen LogP contribution in [0.15, 0.2) is 54.6 Å². The van der Waals surface area contributed by atoms with Crippen molar-refractivity contribution in [2.24, 2.45) is 5.41 Å². The highest BCUT2D eigenvalue weighted by Gasteiger charge is 2.40. The Kier molecular flexibility index (Phi) is 8.14. The lowest BCUT2D eigenvalue weighted by Crippen LogP contribution is -2.62. The zero-order chi connectivity index (χ0) is 25.9. The molecular weight excluding hydrogens is 442 g/mol. The van der Waals surface area contributed by atoms with E-state index in [1.165, 1.54) is 36.0 Å². The zero-order valence-corrected chi connectivity index (χ0v) is 23.4. The predicted molar refractivity (Wildman–Crippen MR) is 150 cm³/mol. The Balaban J connectivity index is 1.59. The average molecular weight is 490 g/mol. The van der Waals surface area contributed by atoms with Crippen LogP contribution in [0.2, 0.25) is 0 Å². The molecular formula is C32H47N3O. The topological polar surface area (TPSA) is 35.6 Å². The molecule has 1 aliphatic heterocycles. The minimum absolute atomic E-state index is 0.0140. The minimum atomic E-state index is -0.0140. The van der Waals surface area contributed by atoms with Crippen LogP contribution in [0, 0.1) is 5.41 Å². The molecule has 2 amide bonds. The molecule has 4 rings (SSSR count). The first kappa shape index (κ1) is 26.7. The molecule has 2 aromatic rings. The van der Waals surface area contributed by atoms with Crippen LogP contribution in [0.5, 0.6) is 0 Å². The Morgan fingerprint density at radius 2 is 1.44 bits per heavy atom. The molecule has 1 aliphatic carbocycles. The second-order valence-corrected chi connectivity index (χ2v) is 13.0. The third kappa shape index (κ3) is 6.32. The standard InChI is InChI=1S/C32H47N3O/c1-31(2,3)26-19-17-25(18-20-26)29(24-13-9-7-10-14-24)34-21-22-35(28(23-34)32(4,5)6)30(36)33-27-15-11-8-12-16-27/h7,9-10,13-14,17-20,27-29H,8,11-12,15-16,21-23H2,1-6H3,(H,33,36)/t28-,29?/m1/s1. The summed E-state index contributed by atoms with van der Waals surface area (Å²) in [6.45, 7) is 16.1. The van der Waals surface area contributed by atoms with Crippen molar-refractivity contribution in [3.8, 4) is 0 Å². The molecule has 1 N–H and O–H groups in total. The maximum Gasteiger partial charge on any atom is 0.317 e. The van der Waals surface area contributed by atoms with Gasteiger partial charge in [-0.3, -0.25) is 4.90 Å². The number of rotatable bonds is 4. The van der Waals surface area contributed by atoms with Gasteiger partial charge in [0.15, 0.2) is 0 Å². The number of carbonyl (C=O) groups excluding carboxylic acids is 1. The third-order valence-corrected chi connectivity index (χ3v) is 8.18. The van der Waals surface area contributed by atoms with Gasteiger partial charge in [0.1, 0.15) is 0 Å². The summed E-state index contributed by atoms with van der Waals surface area (Å²) in [6.07, 6.45) is 5.99. The molecule has 1 heterocycles. The van der Waals surface area contributed by atoms with Gasteiger partial charge in [0.05, 0.1) is 12.1 Å². The van der Waals surface area contributed by atoms with E-state index in [1.54, 1.807) is 0 Å². The Morgan fingerprint density at radius 3 is 2.03 bits per heavy atom. The largest absolute Gasteiger partial charge is 0.335 e. The minimum Gasteiger partial charge on any atom is -0.335 e. The van der Waals surface area contributed by atoms with E-state index in [4.69, 9.17) is 0 Å². The van der Waals surface area contributed by atoms with Crippen LogP contribution in [-0.4, -0.2) is 47.5 Å². The molecule has 0 spiro atoms. The van der Waals surface area contributed by atoms with Crippen LogP contribution >= 0.6 is 0 Å². The van der Waals surface area contributed by atoms with E-state index in [-0.39, 0.29) is 28.9 Å². The van der Waals surface area contributed by atoms with Crippen molar-refractivity contribution in [2.75, 3.05) is 19.6 Å². The van der Waals surface area contributed by atoms with Gasteiger partial charge >= 0.3 is 6.03 Å². The summed E-state index contributed by atoms with van der Waals surface area (Å²) < 4.78 is 0. The van der Waals surface area contributed by atoms with E-state index in [2.05, 4.69) is 111 Å². The number of hydrogen-bond donors (Lipinski definition) is 1. The molecule has 4 heteroatoms. The first-order chi connectivity index (χ1) is 17.0. The molecule has 0 aromatic heterocycles. The van der Waals surface area contributed by atoms with Crippen molar-refractivity contribution in [3.05, 3.63) is 71.3 Å². The van der Waals surface area contributed by atoms with Gasteiger partial charge in [0, 0.05) is 25.7 Å². The maximum absolute atomic E-state index is 13.5. The number of benzene rings is 2. The summed E-state index contributed by atoms with van der Waals surface area (Å²) in [7, 11) is 0. The first-order valence-electron chi connectivity index (χ1n) is 14.0. The van der Waals surface area contributed by atoms with Crippen LogP contribution in [0.25, 0.3) is 0 Å². The highest BCUT2D eigenvalue weighted by Crippen LogP contribution is 2.36. The molecule has 1 unspecified atom stereocenters. The highest BCUT2D eigenvalue weighted by molar-refractivity contribution is 5.75. The monoisotopic (exact) mass is 489 g/mol. The quantitative estimate of drug-likeness (QED) is 0.495. The van der Waals surface area contributed by atoms with E-state index >= 15 is 0 Å². The van der Waals surface area contributed by atoms with Gasteiger partial charge in [-0.2, -0.15) is 0 Å². The number of amides is 2. The lowest BCUT2D eigenvalue weighted by atomic mass is 9.82. The number of nitrogens with zero attached hydrogens (tertiary/aromatic N) is 2. The molecule has 36 heavy (non-hydrogen) atoms. The molecule has 0 radical (unpaired) electrons. The summed E-state index contributed by atoms with van der Waals surface area (Å²) in [4.78, 5) is 18.2. The Morgan fingerprint density at radius 1 is 0.833 bits per heavy atom. The van der Waals surface area contributed by atoms with Crippen LogP contribution in [0.4, 0.5) is 4.79 Å². The SMILES string of the molecule is CC(C)(C)c1ccc(C(c2ccccc2)N2CCN(C(=O)NC3CCCCC3)[C@@H](C(C)(C)C)C2)cc1. The van der Waals surface area contributed by atoms with Crippen molar-refractivity contribution in [1.29, 1.82) is 0 Å². The van der Waals surface area contributed by atoms with Crippen molar-refractivity contribution in [2.45, 2.75) is 97.2 Å². The summed E-state index contributed by atoms with van der Waals surface area (Å²) in [5.41, 5.74) is 4.11. The Hall–Kier alpha value is -2.33. The van der Waals surface area contributed by atoms with Gasteiger partial charge < -0.3 is 10.2 Å². The van der Waals surface area contributed by atoms with E-state index < -0.39 is 0 Å². The van der Waals surface area contributed by atoms with Crippen molar-refractivity contribution < 1.29 is 4.79 Å². The van der Waals surface area contributed by atoms with E-state index in [9.17, 15) is 4.79 Å². The number of nitrogens with one attached hydrogen (secondary N) is 1. The predicted octanol–water partition coefficient (Wildman–Crippen LogP) is 7.15. The van der Waals surface area contributed by atoms with E-state index in [0.29, 0.717) is 6.04 Å². The maximum atomic E-state index is 13.5. The van der Waals surface area contributed by atoms with Crippen molar-refractivity contribution >= 4 is 6.03 Å². The smallest absolute Gasteiger partial charge is 0.317 e. The fourth-order valence-corrected chi connectivity index (χ4v) is 5.94. The first-order valence-corrected chi connectivity index (χ1v) is 14.0. The van der Waals surface area contributed by atoms with Gasteiger partial charge in [0.2, 0.25) is 0 Å². The molecule has 2 aromatic carbocycles. The number of urea groups is 1. The molecule has 196 valence electrons. The number of hydrogen-bond acceptors (Lipinski definition) is 2. The van der Waals surface area contributed by atoms with Gasteiger partial charge in [-0.05, 0) is 40.4 Å². The summed E-state index contributed by atoms with van der Waals surface area (Å²) in [5, 5.41) is 3.39. The summed E-state index contributed by atoms with van der Waals surface area (Å²) in [6, 6.07) is 20.9. The molecule has 2 fully saturated rings. The van der Waals surface area contributed by atoms with Gasteiger partial charge in [-0.15, -0.1) is 0 Å². The lowest BCUT2D eigenvalue weighted by Gasteiger charge is -2.49. The van der Waals surface area contributed by atoms with Crippen molar-refractivity contribution in [3.63, 3.8) is 0 Å². The summed E-state index contributed by atoms with van der Waals surface area (Å²) >= 11 is 0. The highest BCUT2D eigenvalue weighted by atomic mass is 16.2. The molecule has 2 aliphatic rings. The summed E-state index contributed by atoms with van der Waals surface area (Å²) in [5.74, 6) is 0. The van der Waals surface area contributed by atoms with E-state index in [1.807, 2.05) is 0 Å². The zero-order valence-electron chi connectivity index (χ0n) is 23.4. The lowest BCUT2D eigenvalue weighted by molar-refractivity contribution is 0.0260. The van der Waals surface area contributed by atoms with Gasteiger partial charge in [-0.1, -0.05) is 115 Å². The van der Waals surface area contributed by atoms with Gasteiger partial charge in [0.25, 0.3) is 0 Å². The molecule has 1 saturated heterocycles. The van der Waals surface area contributed by atoms with Crippen LogP contribution in [0.1, 0.15) is 96.4 Å². The fourth-order valence-electron chi connectivity index (χ4n) is 5.94. The third-order valence-electron chi connectivity index (χ3n) is 8.18. The number of piperazine rings is 1. The fraction of sp³-hybridized carbons (Fsp3) is 0.594. The van der Waals surface area contributed by atoms with E-state index in [0.717, 1.165) is 32.5 Å². The molecule has 2 atom stereocenters. The van der Waals surface area contributed by atoms with Gasteiger partial charge in [-0.25, -0.2) is 4.79 Å². The second-order valence-electron chi connectivity index (χ2n) is 13.0. The second kappa shape index (κ2) is 11.0. The van der Waals surface area contributed by atoms with Crippen molar-refractivity contribution in [1.82, 2.24) is 15.1 Å². The number of carbonyl (C=O) groups is 1. The normalized spacial score (nSPS) is 21.3. The Bertz CT molecular complexity index is 981. The molecule has 1 saturated carbocycles. The van der Waals surface area contributed by atoms with Crippen LogP contribution in [0.3, 0.4) is 0 Å². The molecule has 4 nitrogen and oxygen atoms in total. The van der Waals surface area contributed by atoms with Crippen LogP contribution in [-0.2, 0) is 5.41 Å². The Labute approximate surface area is 219 Å². The van der Waals surface area contributed by atoms with Crippen LogP contribution < -0.4 is 5.32 Å². The average Bonchev–Trinajstić information content (AvgIpc) is 2.85. The molecule has 0 bridgehead atoms.